The maximum atomic E-state index is 13.1. The predicted molar refractivity (Wildman–Crippen MR) is 97.0 cm³/mol. The van der Waals surface area contributed by atoms with Gasteiger partial charge in [0.15, 0.2) is 0 Å². The zero-order valence-electron chi connectivity index (χ0n) is 14.5. The van der Waals surface area contributed by atoms with E-state index in [-0.39, 0.29) is 17.9 Å². The van der Waals surface area contributed by atoms with E-state index in [1.54, 1.807) is 24.1 Å². The quantitative estimate of drug-likeness (QED) is 0.607. The first kappa shape index (κ1) is 17.5. The SMILES string of the molecule is COCCCNC(=O)[C@H]1[C@H]2C(=O)N(c3ccc(Cl)cc3)C[C@@]23C=C[C@H]1O3. The Morgan fingerprint density at radius 1 is 1.42 bits per heavy atom. The Bertz CT molecular complexity index is 750. The van der Waals surface area contributed by atoms with Gasteiger partial charge in [0.05, 0.1) is 24.5 Å². The van der Waals surface area contributed by atoms with Crippen LogP contribution in [0.15, 0.2) is 36.4 Å². The van der Waals surface area contributed by atoms with E-state index in [0.29, 0.717) is 24.7 Å². The lowest BCUT2D eigenvalue weighted by molar-refractivity contribution is -0.131. The summed E-state index contributed by atoms with van der Waals surface area (Å²) < 4.78 is 11.1. The van der Waals surface area contributed by atoms with Crippen molar-refractivity contribution in [2.45, 2.75) is 18.1 Å². The number of nitrogens with one attached hydrogen (secondary N) is 1. The molecule has 1 N–H and O–H groups in total. The number of fused-ring (bicyclic) bond motifs is 1. The molecule has 0 saturated carbocycles. The fraction of sp³-hybridized carbons (Fsp3) is 0.474. The molecule has 2 fully saturated rings. The topological polar surface area (TPSA) is 67.9 Å². The highest BCUT2D eigenvalue weighted by Crippen LogP contribution is 2.52. The molecule has 3 heterocycles. The van der Waals surface area contributed by atoms with Gasteiger partial charge in [-0.15, -0.1) is 0 Å². The third-order valence-electron chi connectivity index (χ3n) is 5.37. The van der Waals surface area contributed by atoms with Crippen LogP contribution >= 0.6 is 11.6 Å². The van der Waals surface area contributed by atoms with E-state index in [4.69, 9.17) is 21.1 Å². The lowest BCUT2D eigenvalue weighted by atomic mass is 9.77. The monoisotopic (exact) mass is 376 g/mol. The number of carbonyl (C=O) groups excluding carboxylic acids is 2. The van der Waals surface area contributed by atoms with Crippen LogP contribution in [0.5, 0.6) is 0 Å². The second-order valence-corrected chi connectivity index (χ2v) is 7.37. The van der Waals surface area contributed by atoms with E-state index >= 15 is 0 Å². The van der Waals surface area contributed by atoms with Crippen LogP contribution in [-0.2, 0) is 19.1 Å². The van der Waals surface area contributed by atoms with Gasteiger partial charge in [-0.25, -0.2) is 0 Å². The van der Waals surface area contributed by atoms with Crippen LogP contribution < -0.4 is 10.2 Å². The summed E-state index contributed by atoms with van der Waals surface area (Å²) in [7, 11) is 1.63. The summed E-state index contributed by atoms with van der Waals surface area (Å²) in [5.41, 5.74) is 0.0542. The molecular formula is C19H21ClN2O4. The van der Waals surface area contributed by atoms with Crippen molar-refractivity contribution >= 4 is 29.1 Å². The predicted octanol–water partition coefficient (Wildman–Crippen LogP) is 1.78. The van der Waals surface area contributed by atoms with E-state index in [2.05, 4.69) is 5.32 Å². The van der Waals surface area contributed by atoms with Crippen LogP contribution in [0.4, 0.5) is 5.69 Å². The molecular weight excluding hydrogens is 356 g/mol. The fourth-order valence-corrected chi connectivity index (χ4v) is 4.31. The molecule has 26 heavy (non-hydrogen) atoms. The van der Waals surface area contributed by atoms with E-state index in [1.807, 2.05) is 24.3 Å². The minimum atomic E-state index is -0.712. The van der Waals surface area contributed by atoms with Crippen molar-refractivity contribution in [3.63, 3.8) is 0 Å². The standard InChI is InChI=1S/C19H21ClN2O4/c1-25-10-2-9-21-17(23)15-14-7-8-19(26-14)11-22(18(24)16(15)19)13-5-3-12(20)4-6-13/h3-8,14-16H,2,9-11H2,1H3,(H,21,23)/t14-,15-,16+,19+/m1/s1. The molecule has 0 aromatic heterocycles. The lowest BCUT2D eigenvalue weighted by Gasteiger charge is -2.23. The minimum Gasteiger partial charge on any atom is -0.385 e. The molecule has 1 aromatic rings. The molecule has 1 aromatic carbocycles. The molecule has 0 aliphatic carbocycles. The van der Waals surface area contributed by atoms with Gasteiger partial charge in [-0.1, -0.05) is 23.8 Å². The molecule has 2 saturated heterocycles. The molecule has 138 valence electrons. The van der Waals surface area contributed by atoms with Gasteiger partial charge in [-0.3, -0.25) is 9.59 Å². The number of hydrogen-bond acceptors (Lipinski definition) is 4. The zero-order chi connectivity index (χ0) is 18.3. The minimum absolute atomic E-state index is 0.0730. The summed E-state index contributed by atoms with van der Waals surface area (Å²) in [4.78, 5) is 27.5. The van der Waals surface area contributed by atoms with Gasteiger partial charge in [0, 0.05) is 31.0 Å². The molecule has 4 atom stereocenters. The van der Waals surface area contributed by atoms with Crippen LogP contribution in [0, 0.1) is 11.8 Å². The second-order valence-electron chi connectivity index (χ2n) is 6.94. The average Bonchev–Trinajstić information content (AvgIpc) is 3.28. The van der Waals surface area contributed by atoms with E-state index in [9.17, 15) is 9.59 Å². The van der Waals surface area contributed by atoms with Gasteiger partial charge >= 0.3 is 0 Å². The molecule has 2 bridgehead atoms. The number of nitrogens with zero attached hydrogens (tertiary/aromatic N) is 1. The Labute approximate surface area is 157 Å². The van der Waals surface area contributed by atoms with Crippen molar-refractivity contribution in [3.05, 3.63) is 41.4 Å². The Morgan fingerprint density at radius 2 is 2.19 bits per heavy atom. The summed E-state index contributed by atoms with van der Waals surface area (Å²) in [6, 6.07) is 7.13. The fourth-order valence-electron chi connectivity index (χ4n) is 4.18. The number of ether oxygens (including phenoxy) is 2. The first-order valence-corrected chi connectivity index (χ1v) is 9.14. The third-order valence-corrected chi connectivity index (χ3v) is 5.62. The first-order valence-electron chi connectivity index (χ1n) is 8.76. The van der Waals surface area contributed by atoms with E-state index in [0.717, 1.165) is 12.1 Å². The van der Waals surface area contributed by atoms with Crippen LogP contribution in [0.1, 0.15) is 6.42 Å². The van der Waals surface area contributed by atoms with Crippen molar-refractivity contribution in [2.75, 3.05) is 31.7 Å². The zero-order valence-corrected chi connectivity index (χ0v) is 15.2. The summed E-state index contributed by atoms with van der Waals surface area (Å²) in [5.74, 6) is -1.19. The average molecular weight is 377 g/mol. The maximum absolute atomic E-state index is 13.1. The Morgan fingerprint density at radius 3 is 2.92 bits per heavy atom. The highest BCUT2D eigenvalue weighted by molar-refractivity contribution is 6.30. The Balaban J connectivity index is 1.53. The number of benzene rings is 1. The van der Waals surface area contributed by atoms with Gasteiger partial charge in [-0.05, 0) is 30.7 Å². The summed E-state index contributed by atoms with van der Waals surface area (Å²) in [6.07, 6.45) is 4.26. The highest BCUT2D eigenvalue weighted by Gasteiger charge is 2.66. The van der Waals surface area contributed by atoms with Crippen LogP contribution in [0.2, 0.25) is 5.02 Å². The molecule has 7 heteroatoms. The first-order chi connectivity index (χ1) is 12.6. The number of amides is 2. The normalized spacial score (nSPS) is 31.5. The van der Waals surface area contributed by atoms with E-state index < -0.39 is 17.4 Å². The Kier molecular flexibility index (Phi) is 4.50. The molecule has 6 nitrogen and oxygen atoms in total. The smallest absolute Gasteiger partial charge is 0.234 e. The van der Waals surface area contributed by atoms with Gasteiger partial charge < -0.3 is 19.7 Å². The number of anilines is 1. The molecule has 1 spiro atoms. The number of halogens is 1. The van der Waals surface area contributed by atoms with Crippen LogP contribution in [-0.4, -0.2) is 50.3 Å². The number of carbonyl (C=O) groups is 2. The van der Waals surface area contributed by atoms with Gasteiger partial charge in [0.2, 0.25) is 11.8 Å². The summed E-state index contributed by atoms with van der Waals surface area (Å²) in [6.45, 7) is 1.52. The van der Waals surface area contributed by atoms with Gasteiger partial charge in [0.1, 0.15) is 5.60 Å². The molecule has 3 aliphatic heterocycles. The number of rotatable bonds is 6. The number of hydrogen-bond donors (Lipinski definition) is 1. The molecule has 0 radical (unpaired) electrons. The molecule has 4 rings (SSSR count). The third kappa shape index (κ3) is 2.73. The lowest BCUT2D eigenvalue weighted by Crippen LogP contribution is -2.44. The van der Waals surface area contributed by atoms with Crippen LogP contribution in [0.3, 0.4) is 0 Å². The Hall–Kier alpha value is -1.89. The van der Waals surface area contributed by atoms with Crippen molar-refractivity contribution < 1.29 is 19.1 Å². The maximum Gasteiger partial charge on any atom is 0.234 e. The second kappa shape index (κ2) is 6.68. The summed E-state index contributed by atoms with van der Waals surface area (Å²) in [5, 5.41) is 3.53. The molecule has 3 aliphatic rings. The van der Waals surface area contributed by atoms with E-state index in [1.165, 1.54) is 0 Å². The van der Waals surface area contributed by atoms with Gasteiger partial charge in [-0.2, -0.15) is 0 Å². The van der Waals surface area contributed by atoms with Crippen molar-refractivity contribution in [1.29, 1.82) is 0 Å². The molecule has 0 unspecified atom stereocenters. The van der Waals surface area contributed by atoms with Gasteiger partial charge in [0.25, 0.3) is 0 Å². The number of methoxy groups -OCH3 is 1. The van der Waals surface area contributed by atoms with Crippen molar-refractivity contribution in [1.82, 2.24) is 5.32 Å². The van der Waals surface area contributed by atoms with Crippen molar-refractivity contribution in [2.24, 2.45) is 11.8 Å². The molecule has 2 amide bonds. The highest BCUT2D eigenvalue weighted by atomic mass is 35.5. The van der Waals surface area contributed by atoms with Crippen LogP contribution in [0.25, 0.3) is 0 Å². The van der Waals surface area contributed by atoms with Crippen molar-refractivity contribution in [3.8, 4) is 0 Å². The largest absolute Gasteiger partial charge is 0.385 e. The summed E-state index contributed by atoms with van der Waals surface area (Å²) >= 11 is 5.95.